The third-order valence-electron chi connectivity index (χ3n) is 3.59. The summed E-state index contributed by atoms with van der Waals surface area (Å²) in [6.07, 6.45) is 0. The standard InChI is InChI=1S/C17H16BrCl2N5O2/c1-2-26-15-7-10(8-21-17-22-24-25-23-17)6-12(18)16(15)27-9-11-13(19)4-3-5-14(11)20/h3-7H,2,8-9H2,1H3,(H2,21,22,23,24,25). The van der Waals surface area contributed by atoms with Crippen LogP contribution in [0.4, 0.5) is 5.95 Å². The number of ether oxygens (including phenoxy) is 2. The van der Waals surface area contributed by atoms with E-state index in [9.17, 15) is 0 Å². The molecule has 0 aliphatic rings. The molecule has 0 radical (unpaired) electrons. The molecule has 27 heavy (non-hydrogen) atoms. The Morgan fingerprint density at radius 3 is 2.63 bits per heavy atom. The van der Waals surface area contributed by atoms with Gasteiger partial charge in [0, 0.05) is 22.2 Å². The lowest BCUT2D eigenvalue weighted by Crippen LogP contribution is -2.05. The lowest BCUT2D eigenvalue weighted by Gasteiger charge is -2.16. The van der Waals surface area contributed by atoms with Crippen LogP contribution < -0.4 is 14.8 Å². The molecule has 0 fully saturated rings. The highest BCUT2D eigenvalue weighted by molar-refractivity contribution is 9.10. The number of aromatic nitrogens is 4. The molecular formula is C17H16BrCl2N5O2. The van der Waals surface area contributed by atoms with Gasteiger partial charge in [-0.05, 0) is 57.9 Å². The Bertz CT molecular complexity index is 888. The van der Waals surface area contributed by atoms with E-state index in [0.717, 1.165) is 15.6 Å². The first-order chi connectivity index (χ1) is 13.1. The second-order valence-electron chi connectivity index (χ2n) is 5.42. The number of hydrogen-bond donors (Lipinski definition) is 2. The number of benzene rings is 2. The SMILES string of the molecule is CCOc1cc(CNc2nn[nH]n2)cc(Br)c1OCc1c(Cl)cccc1Cl. The number of halogens is 3. The van der Waals surface area contributed by atoms with Gasteiger partial charge in [-0.15, -0.1) is 5.10 Å². The van der Waals surface area contributed by atoms with Gasteiger partial charge >= 0.3 is 0 Å². The summed E-state index contributed by atoms with van der Waals surface area (Å²) in [5.74, 6) is 1.61. The molecule has 142 valence electrons. The molecule has 3 rings (SSSR count). The first-order valence-electron chi connectivity index (χ1n) is 8.06. The molecule has 0 spiro atoms. The van der Waals surface area contributed by atoms with E-state index in [2.05, 4.69) is 41.9 Å². The van der Waals surface area contributed by atoms with Crippen molar-refractivity contribution in [1.29, 1.82) is 0 Å². The normalized spacial score (nSPS) is 10.7. The number of nitrogens with zero attached hydrogens (tertiary/aromatic N) is 3. The molecule has 0 amide bonds. The predicted molar refractivity (Wildman–Crippen MR) is 108 cm³/mol. The molecule has 0 saturated carbocycles. The van der Waals surface area contributed by atoms with Crippen molar-refractivity contribution >= 4 is 45.1 Å². The molecule has 1 heterocycles. The van der Waals surface area contributed by atoms with Crippen molar-refractivity contribution in [1.82, 2.24) is 20.6 Å². The summed E-state index contributed by atoms with van der Waals surface area (Å²) in [5, 5.41) is 17.8. The fourth-order valence-corrected chi connectivity index (χ4v) is 3.47. The minimum atomic E-state index is 0.220. The summed E-state index contributed by atoms with van der Waals surface area (Å²) in [5.41, 5.74) is 1.68. The monoisotopic (exact) mass is 471 g/mol. The van der Waals surface area contributed by atoms with Crippen molar-refractivity contribution in [3.8, 4) is 11.5 Å². The number of H-pyrrole nitrogens is 1. The lowest BCUT2D eigenvalue weighted by molar-refractivity contribution is 0.267. The first-order valence-corrected chi connectivity index (χ1v) is 9.61. The zero-order chi connectivity index (χ0) is 19.2. The van der Waals surface area contributed by atoms with Gasteiger partial charge in [0.15, 0.2) is 11.5 Å². The minimum absolute atomic E-state index is 0.220. The molecule has 0 aliphatic carbocycles. The minimum Gasteiger partial charge on any atom is -0.490 e. The Labute approximate surface area is 174 Å². The van der Waals surface area contributed by atoms with E-state index < -0.39 is 0 Å². The van der Waals surface area contributed by atoms with Crippen LogP contribution in [0.5, 0.6) is 11.5 Å². The number of rotatable bonds is 8. The van der Waals surface area contributed by atoms with Crippen LogP contribution in [0.15, 0.2) is 34.8 Å². The van der Waals surface area contributed by atoms with Crippen molar-refractivity contribution < 1.29 is 9.47 Å². The van der Waals surface area contributed by atoms with E-state index in [1.165, 1.54) is 0 Å². The Morgan fingerprint density at radius 1 is 1.19 bits per heavy atom. The van der Waals surface area contributed by atoms with Crippen LogP contribution in [0.1, 0.15) is 18.1 Å². The van der Waals surface area contributed by atoms with Crippen molar-refractivity contribution in [2.75, 3.05) is 11.9 Å². The lowest BCUT2D eigenvalue weighted by atomic mass is 10.2. The summed E-state index contributed by atoms with van der Waals surface area (Å²) in [6.45, 7) is 3.12. The number of tetrazole rings is 1. The summed E-state index contributed by atoms with van der Waals surface area (Å²) in [4.78, 5) is 0. The number of anilines is 1. The van der Waals surface area contributed by atoms with Gasteiger partial charge in [-0.3, -0.25) is 0 Å². The van der Waals surface area contributed by atoms with Crippen molar-refractivity contribution in [2.45, 2.75) is 20.1 Å². The third-order valence-corrected chi connectivity index (χ3v) is 4.88. The van der Waals surface area contributed by atoms with Gasteiger partial charge < -0.3 is 14.8 Å². The van der Waals surface area contributed by atoms with Crippen LogP contribution in [-0.4, -0.2) is 27.2 Å². The molecule has 0 aliphatic heterocycles. The van der Waals surface area contributed by atoms with Gasteiger partial charge in [0.05, 0.1) is 11.1 Å². The second-order valence-corrected chi connectivity index (χ2v) is 7.08. The zero-order valence-corrected chi connectivity index (χ0v) is 17.4. The molecule has 2 N–H and O–H groups in total. The van der Waals surface area contributed by atoms with Gasteiger partial charge in [0.25, 0.3) is 5.95 Å². The highest BCUT2D eigenvalue weighted by atomic mass is 79.9. The molecular weight excluding hydrogens is 457 g/mol. The highest BCUT2D eigenvalue weighted by Crippen LogP contribution is 2.38. The summed E-state index contributed by atoms with van der Waals surface area (Å²) in [6, 6.07) is 9.17. The summed E-state index contributed by atoms with van der Waals surface area (Å²) in [7, 11) is 0. The molecule has 10 heteroatoms. The topological polar surface area (TPSA) is 85.0 Å². The predicted octanol–water partition coefficient (Wildman–Crippen LogP) is 4.86. The van der Waals surface area contributed by atoms with Crippen LogP contribution in [0.2, 0.25) is 10.0 Å². The third kappa shape index (κ3) is 5.03. The average Bonchev–Trinajstić information content (AvgIpc) is 3.15. The first kappa shape index (κ1) is 19.7. The van der Waals surface area contributed by atoms with E-state index in [4.69, 9.17) is 32.7 Å². The van der Waals surface area contributed by atoms with Crippen LogP contribution in [0.25, 0.3) is 0 Å². The van der Waals surface area contributed by atoms with Crippen LogP contribution in [0.3, 0.4) is 0 Å². The van der Waals surface area contributed by atoms with Crippen LogP contribution in [0, 0.1) is 0 Å². The number of hydrogen-bond acceptors (Lipinski definition) is 6. The average molecular weight is 473 g/mol. The van der Waals surface area contributed by atoms with E-state index >= 15 is 0 Å². The molecule has 3 aromatic rings. The second kappa shape index (κ2) is 9.25. The summed E-state index contributed by atoms with van der Waals surface area (Å²) < 4.78 is 12.5. The van der Waals surface area contributed by atoms with E-state index in [1.54, 1.807) is 18.2 Å². The number of aromatic amines is 1. The smallest absolute Gasteiger partial charge is 0.263 e. The van der Waals surface area contributed by atoms with Crippen molar-refractivity contribution in [2.24, 2.45) is 0 Å². The largest absolute Gasteiger partial charge is 0.490 e. The molecule has 0 bridgehead atoms. The Balaban J connectivity index is 1.79. The van der Waals surface area contributed by atoms with Gasteiger partial charge in [-0.25, -0.2) is 0 Å². The maximum Gasteiger partial charge on any atom is 0.263 e. The van der Waals surface area contributed by atoms with Gasteiger partial charge in [-0.2, -0.15) is 5.21 Å². The Kier molecular flexibility index (Phi) is 6.76. The maximum atomic E-state index is 6.22. The quantitative estimate of drug-likeness (QED) is 0.487. The van der Waals surface area contributed by atoms with E-state index in [-0.39, 0.29) is 6.61 Å². The van der Waals surface area contributed by atoms with Gasteiger partial charge in [-0.1, -0.05) is 34.4 Å². The molecule has 0 saturated heterocycles. The van der Waals surface area contributed by atoms with Gasteiger partial charge in [0.2, 0.25) is 0 Å². The molecule has 2 aromatic carbocycles. The Hall–Kier alpha value is -2.03. The highest BCUT2D eigenvalue weighted by Gasteiger charge is 2.15. The van der Waals surface area contributed by atoms with Crippen molar-refractivity contribution in [3.05, 3.63) is 56.0 Å². The van der Waals surface area contributed by atoms with Gasteiger partial charge in [0.1, 0.15) is 6.61 Å². The molecule has 7 nitrogen and oxygen atoms in total. The number of nitrogens with one attached hydrogen (secondary N) is 2. The fourth-order valence-electron chi connectivity index (χ4n) is 2.36. The van der Waals surface area contributed by atoms with Crippen LogP contribution >= 0.6 is 39.1 Å². The molecule has 1 aromatic heterocycles. The maximum absolute atomic E-state index is 6.22. The van der Waals surface area contributed by atoms with Crippen molar-refractivity contribution in [3.63, 3.8) is 0 Å². The zero-order valence-electron chi connectivity index (χ0n) is 14.3. The van der Waals surface area contributed by atoms with E-state index in [1.807, 2.05) is 19.1 Å². The van der Waals surface area contributed by atoms with E-state index in [0.29, 0.717) is 40.6 Å². The Morgan fingerprint density at radius 2 is 1.96 bits per heavy atom. The molecule has 0 atom stereocenters. The summed E-state index contributed by atoms with van der Waals surface area (Å²) >= 11 is 16.0. The van der Waals surface area contributed by atoms with Crippen LogP contribution in [-0.2, 0) is 13.2 Å². The fraction of sp³-hybridized carbons (Fsp3) is 0.235. The molecule has 0 unspecified atom stereocenters.